The van der Waals surface area contributed by atoms with E-state index in [1.165, 1.54) is 16.4 Å². The Morgan fingerprint density at radius 3 is 2.81 bits per heavy atom. The van der Waals surface area contributed by atoms with Gasteiger partial charge in [-0.25, -0.2) is 8.42 Å². The van der Waals surface area contributed by atoms with Crippen molar-refractivity contribution in [2.24, 2.45) is 5.73 Å². The largest absolute Gasteiger partial charge is 0.394 e. The van der Waals surface area contributed by atoms with E-state index in [0.717, 1.165) is 0 Å². The third-order valence-corrected chi connectivity index (χ3v) is 5.83. The summed E-state index contributed by atoms with van der Waals surface area (Å²) in [6.07, 6.45) is -0.505. The van der Waals surface area contributed by atoms with Crippen molar-refractivity contribution in [1.29, 1.82) is 0 Å². The van der Waals surface area contributed by atoms with Gasteiger partial charge >= 0.3 is 0 Å². The Hall–Kier alpha value is -0.700. The van der Waals surface area contributed by atoms with Crippen molar-refractivity contribution in [1.82, 2.24) is 4.31 Å². The van der Waals surface area contributed by atoms with Crippen molar-refractivity contribution in [3.05, 3.63) is 28.8 Å². The van der Waals surface area contributed by atoms with E-state index in [4.69, 9.17) is 27.2 Å². The van der Waals surface area contributed by atoms with Crippen LogP contribution in [0.15, 0.2) is 23.1 Å². The molecule has 1 aromatic rings. The van der Waals surface area contributed by atoms with Crippen LogP contribution >= 0.6 is 11.6 Å². The number of rotatable bonds is 4. The summed E-state index contributed by atoms with van der Waals surface area (Å²) < 4.78 is 32.1. The molecule has 6 nitrogen and oxygen atoms in total. The number of aliphatic hydroxyl groups excluding tert-OH is 1. The molecule has 0 aliphatic carbocycles. The lowest BCUT2D eigenvalue weighted by atomic mass is 10.2. The Kier molecular flexibility index (Phi) is 5.24. The lowest BCUT2D eigenvalue weighted by Crippen LogP contribution is -2.51. The molecule has 0 saturated carbocycles. The molecule has 2 atom stereocenters. The third kappa shape index (κ3) is 3.39. The molecule has 0 amide bonds. The number of hydrogen-bond acceptors (Lipinski definition) is 5. The Bertz CT molecular complexity index is 608. The molecule has 1 fully saturated rings. The van der Waals surface area contributed by atoms with Crippen molar-refractivity contribution >= 4 is 21.6 Å². The van der Waals surface area contributed by atoms with E-state index in [1.54, 1.807) is 13.0 Å². The lowest BCUT2D eigenvalue weighted by Gasteiger charge is -2.36. The van der Waals surface area contributed by atoms with Crippen LogP contribution in [0.4, 0.5) is 0 Å². The van der Waals surface area contributed by atoms with Crippen LogP contribution in [0.2, 0.25) is 5.02 Å². The van der Waals surface area contributed by atoms with Crippen LogP contribution in [0.3, 0.4) is 0 Å². The maximum absolute atomic E-state index is 12.7. The van der Waals surface area contributed by atoms with E-state index in [0.29, 0.717) is 10.6 Å². The number of ether oxygens (including phenoxy) is 1. The lowest BCUT2D eigenvalue weighted by molar-refractivity contribution is -0.0516. The summed E-state index contributed by atoms with van der Waals surface area (Å²) in [6.45, 7) is 2.17. The third-order valence-electron chi connectivity index (χ3n) is 3.50. The van der Waals surface area contributed by atoms with Gasteiger partial charge in [-0.1, -0.05) is 17.7 Å². The fourth-order valence-corrected chi connectivity index (χ4v) is 4.22. The van der Waals surface area contributed by atoms with Crippen molar-refractivity contribution in [2.75, 3.05) is 19.8 Å². The molecule has 0 radical (unpaired) electrons. The highest BCUT2D eigenvalue weighted by molar-refractivity contribution is 7.89. The van der Waals surface area contributed by atoms with Gasteiger partial charge in [0.05, 0.1) is 24.2 Å². The Labute approximate surface area is 129 Å². The first-order valence-corrected chi connectivity index (χ1v) is 8.44. The molecule has 1 saturated heterocycles. The number of nitrogens with zero attached hydrogens (tertiary/aromatic N) is 1. The monoisotopic (exact) mass is 334 g/mol. The zero-order chi connectivity index (χ0) is 15.6. The van der Waals surface area contributed by atoms with Gasteiger partial charge in [-0.15, -0.1) is 0 Å². The van der Waals surface area contributed by atoms with Gasteiger partial charge in [-0.3, -0.25) is 0 Å². The second-order valence-corrected chi connectivity index (χ2v) is 7.32. The highest BCUT2D eigenvalue weighted by Crippen LogP contribution is 2.26. The van der Waals surface area contributed by atoms with E-state index in [2.05, 4.69) is 0 Å². The predicted octanol–water partition coefficient (Wildman–Crippen LogP) is 0.569. The van der Waals surface area contributed by atoms with Crippen LogP contribution < -0.4 is 5.73 Å². The van der Waals surface area contributed by atoms with E-state index < -0.39 is 16.1 Å². The maximum atomic E-state index is 12.7. The zero-order valence-electron chi connectivity index (χ0n) is 11.7. The van der Waals surface area contributed by atoms with Crippen molar-refractivity contribution in [3.8, 4) is 0 Å². The van der Waals surface area contributed by atoms with Crippen molar-refractivity contribution in [2.45, 2.75) is 30.5 Å². The first-order valence-electron chi connectivity index (χ1n) is 6.63. The molecule has 2 rings (SSSR count). The fraction of sp³-hybridized carbons (Fsp3) is 0.538. The average Bonchev–Trinajstić information content (AvgIpc) is 2.47. The highest BCUT2D eigenvalue weighted by atomic mass is 35.5. The summed E-state index contributed by atoms with van der Waals surface area (Å²) >= 11 is 6.04. The molecule has 1 aliphatic rings. The summed E-state index contributed by atoms with van der Waals surface area (Å²) in [5.74, 6) is 0. The van der Waals surface area contributed by atoms with Gasteiger partial charge < -0.3 is 15.6 Å². The summed E-state index contributed by atoms with van der Waals surface area (Å²) in [4.78, 5) is 0.120. The fourth-order valence-electron chi connectivity index (χ4n) is 2.23. The van der Waals surface area contributed by atoms with Crippen molar-refractivity contribution in [3.63, 3.8) is 0 Å². The van der Waals surface area contributed by atoms with Gasteiger partial charge in [0.2, 0.25) is 10.0 Å². The zero-order valence-corrected chi connectivity index (χ0v) is 13.3. The molecule has 8 heteroatoms. The summed E-state index contributed by atoms with van der Waals surface area (Å²) in [5.41, 5.74) is 6.22. The minimum Gasteiger partial charge on any atom is -0.394 e. The summed E-state index contributed by atoms with van der Waals surface area (Å²) in [5, 5.41) is 9.49. The van der Waals surface area contributed by atoms with Crippen LogP contribution in [0.5, 0.6) is 0 Å². The van der Waals surface area contributed by atoms with Gasteiger partial charge in [0.25, 0.3) is 0 Å². The van der Waals surface area contributed by atoms with Gasteiger partial charge in [0.1, 0.15) is 0 Å². The minimum atomic E-state index is -3.68. The second-order valence-electron chi connectivity index (χ2n) is 5.02. The number of halogens is 1. The molecule has 0 bridgehead atoms. The maximum Gasteiger partial charge on any atom is 0.243 e. The Balaban J connectivity index is 2.34. The summed E-state index contributed by atoms with van der Waals surface area (Å²) in [7, 11) is -3.68. The normalized spacial score (nSPS) is 24.2. The molecular weight excluding hydrogens is 316 g/mol. The Morgan fingerprint density at radius 2 is 2.24 bits per heavy atom. The SMILES string of the molecule is CC1COC(CO)CN1S(=O)(=O)c1ccc(CN)c(Cl)c1. The first kappa shape index (κ1) is 16.7. The predicted molar refractivity (Wildman–Crippen MR) is 79.5 cm³/mol. The Morgan fingerprint density at radius 1 is 1.52 bits per heavy atom. The molecule has 1 heterocycles. The van der Waals surface area contributed by atoms with E-state index >= 15 is 0 Å². The highest BCUT2D eigenvalue weighted by Gasteiger charge is 2.35. The number of aliphatic hydroxyl groups is 1. The molecular formula is C13H19ClN2O4S. The molecule has 1 aromatic carbocycles. The molecule has 0 spiro atoms. The number of morpholine rings is 1. The van der Waals surface area contributed by atoms with Gasteiger partial charge in [0, 0.05) is 24.2 Å². The number of hydrogen-bond donors (Lipinski definition) is 2. The standard InChI is InChI=1S/C13H19ClN2O4S/c1-9-8-20-11(7-17)6-16(9)21(18,19)12-3-2-10(5-15)13(14)4-12/h2-4,9,11,17H,5-8,15H2,1H3. The van der Waals surface area contributed by atoms with Crippen LogP contribution in [-0.4, -0.2) is 49.7 Å². The first-order chi connectivity index (χ1) is 9.90. The van der Waals surface area contributed by atoms with Crippen LogP contribution in [0, 0.1) is 0 Å². The van der Waals surface area contributed by atoms with Gasteiger partial charge in [0.15, 0.2) is 0 Å². The summed E-state index contributed by atoms with van der Waals surface area (Å²) in [6, 6.07) is 4.23. The number of benzene rings is 1. The van der Waals surface area contributed by atoms with E-state index in [9.17, 15) is 8.42 Å². The topological polar surface area (TPSA) is 92.9 Å². The van der Waals surface area contributed by atoms with Crippen molar-refractivity contribution < 1.29 is 18.3 Å². The number of sulfonamides is 1. The number of nitrogens with two attached hydrogens (primary N) is 1. The van der Waals surface area contributed by atoms with Crippen LogP contribution in [0.1, 0.15) is 12.5 Å². The molecule has 3 N–H and O–H groups in total. The molecule has 2 unspecified atom stereocenters. The average molecular weight is 335 g/mol. The second kappa shape index (κ2) is 6.60. The van der Waals surface area contributed by atoms with Crippen LogP contribution in [-0.2, 0) is 21.3 Å². The van der Waals surface area contributed by atoms with Crippen LogP contribution in [0.25, 0.3) is 0 Å². The molecule has 0 aromatic heterocycles. The minimum absolute atomic E-state index is 0.120. The van der Waals surface area contributed by atoms with E-state index in [1.807, 2.05) is 0 Å². The van der Waals surface area contributed by atoms with Gasteiger partial charge in [-0.05, 0) is 24.6 Å². The molecule has 21 heavy (non-hydrogen) atoms. The van der Waals surface area contributed by atoms with E-state index in [-0.39, 0.29) is 37.2 Å². The molecule has 118 valence electrons. The van der Waals surface area contributed by atoms with Gasteiger partial charge in [-0.2, -0.15) is 4.31 Å². The quantitative estimate of drug-likeness (QED) is 0.839. The smallest absolute Gasteiger partial charge is 0.243 e. The molecule has 1 aliphatic heterocycles.